The molecule has 0 spiro atoms. The summed E-state index contributed by atoms with van der Waals surface area (Å²) in [6.45, 7) is 0. The van der Waals surface area contributed by atoms with Gasteiger partial charge in [-0.15, -0.1) is 0 Å². The standard InChI is InChI=1S/C21H12N2O2/c1-3-7-17-14(5-1)20-15-6-2-4-8-18(15)25-21(20)23(17)13-9-10-16-19(11-13)24-12-22-16/h1-12H. The molecule has 118 valence electrons. The van der Waals surface area contributed by atoms with Gasteiger partial charge in [-0.2, -0.15) is 0 Å². The van der Waals surface area contributed by atoms with Gasteiger partial charge in [0.25, 0.3) is 0 Å². The van der Waals surface area contributed by atoms with E-state index in [1.54, 1.807) is 0 Å². The third-order valence-corrected chi connectivity index (χ3v) is 4.77. The smallest absolute Gasteiger partial charge is 0.213 e. The molecule has 4 heteroatoms. The monoisotopic (exact) mass is 324 g/mol. The number of furan rings is 1. The van der Waals surface area contributed by atoms with Crippen molar-refractivity contribution >= 4 is 44.1 Å². The second-order valence-electron chi connectivity index (χ2n) is 6.14. The van der Waals surface area contributed by atoms with Crippen LogP contribution in [0.4, 0.5) is 0 Å². The molecule has 0 aliphatic heterocycles. The summed E-state index contributed by atoms with van der Waals surface area (Å²) in [6.07, 6.45) is 1.47. The fourth-order valence-electron chi connectivity index (χ4n) is 3.68. The molecule has 0 radical (unpaired) electrons. The van der Waals surface area contributed by atoms with Crippen molar-refractivity contribution in [1.29, 1.82) is 0 Å². The minimum Gasteiger partial charge on any atom is -0.443 e. The number of benzene rings is 3. The van der Waals surface area contributed by atoms with E-state index in [1.807, 2.05) is 42.5 Å². The molecule has 3 aromatic heterocycles. The van der Waals surface area contributed by atoms with E-state index in [9.17, 15) is 0 Å². The summed E-state index contributed by atoms with van der Waals surface area (Å²) in [6, 6.07) is 22.5. The average molecular weight is 324 g/mol. The third-order valence-electron chi connectivity index (χ3n) is 4.77. The Morgan fingerprint density at radius 2 is 1.64 bits per heavy atom. The first-order valence-electron chi connectivity index (χ1n) is 8.14. The van der Waals surface area contributed by atoms with Crippen LogP contribution in [-0.2, 0) is 0 Å². The number of fused-ring (bicyclic) bond motifs is 6. The van der Waals surface area contributed by atoms with Crippen LogP contribution < -0.4 is 0 Å². The van der Waals surface area contributed by atoms with E-state index in [0.717, 1.165) is 44.4 Å². The number of rotatable bonds is 1. The molecule has 0 aliphatic rings. The van der Waals surface area contributed by atoms with Gasteiger partial charge in [0.05, 0.1) is 16.6 Å². The Morgan fingerprint density at radius 1 is 0.800 bits per heavy atom. The van der Waals surface area contributed by atoms with Crippen molar-refractivity contribution in [3.05, 3.63) is 73.1 Å². The van der Waals surface area contributed by atoms with E-state index in [2.05, 4.69) is 33.8 Å². The molecule has 3 heterocycles. The molecule has 6 rings (SSSR count). The number of hydrogen-bond acceptors (Lipinski definition) is 3. The first-order chi connectivity index (χ1) is 12.4. The van der Waals surface area contributed by atoms with Crippen LogP contribution in [0.3, 0.4) is 0 Å². The van der Waals surface area contributed by atoms with Gasteiger partial charge in [-0.3, -0.25) is 4.57 Å². The number of nitrogens with zero attached hydrogens (tertiary/aromatic N) is 2. The van der Waals surface area contributed by atoms with Gasteiger partial charge < -0.3 is 8.83 Å². The fourth-order valence-corrected chi connectivity index (χ4v) is 3.68. The van der Waals surface area contributed by atoms with Crippen LogP contribution in [-0.4, -0.2) is 9.55 Å². The van der Waals surface area contributed by atoms with Crippen molar-refractivity contribution in [3.63, 3.8) is 0 Å². The van der Waals surface area contributed by atoms with E-state index >= 15 is 0 Å². The summed E-state index contributed by atoms with van der Waals surface area (Å²) in [5.74, 6) is 0. The Kier molecular flexibility index (Phi) is 2.32. The van der Waals surface area contributed by atoms with Gasteiger partial charge in [0.15, 0.2) is 12.0 Å². The minimum absolute atomic E-state index is 0.763. The minimum atomic E-state index is 0.763. The first kappa shape index (κ1) is 12.8. The lowest BCUT2D eigenvalue weighted by molar-refractivity contribution is 0.602. The zero-order chi connectivity index (χ0) is 16.4. The molecule has 0 saturated heterocycles. The molecule has 0 fully saturated rings. The lowest BCUT2D eigenvalue weighted by atomic mass is 10.1. The molecule has 6 aromatic rings. The molecule has 0 unspecified atom stereocenters. The van der Waals surface area contributed by atoms with Gasteiger partial charge in [-0.25, -0.2) is 4.98 Å². The highest BCUT2D eigenvalue weighted by atomic mass is 16.3. The van der Waals surface area contributed by atoms with Gasteiger partial charge in [-0.1, -0.05) is 36.4 Å². The van der Waals surface area contributed by atoms with Crippen molar-refractivity contribution in [2.45, 2.75) is 0 Å². The average Bonchev–Trinajstić information content (AvgIpc) is 3.33. The van der Waals surface area contributed by atoms with Crippen LogP contribution >= 0.6 is 0 Å². The molecule has 25 heavy (non-hydrogen) atoms. The molecule has 0 saturated carbocycles. The summed E-state index contributed by atoms with van der Waals surface area (Å²) >= 11 is 0. The predicted molar refractivity (Wildman–Crippen MR) is 98.1 cm³/mol. The van der Waals surface area contributed by atoms with E-state index < -0.39 is 0 Å². The van der Waals surface area contributed by atoms with Crippen molar-refractivity contribution < 1.29 is 8.83 Å². The molecule has 3 aromatic carbocycles. The van der Waals surface area contributed by atoms with Crippen LogP contribution in [0.15, 0.2) is 82.0 Å². The first-order valence-corrected chi connectivity index (χ1v) is 8.14. The van der Waals surface area contributed by atoms with E-state index in [4.69, 9.17) is 8.83 Å². The van der Waals surface area contributed by atoms with Crippen LogP contribution in [0.2, 0.25) is 0 Å². The number of para-hydroxylation sites is 2. The Balaban J connectivity index is 1.83. The van der Waals surface area contributed by atoms with Crippen LogP contribution in [0.5, 0.6) is 0 Å². The molecule has 0 bridgehead atoms. The number of aromatic nitrogens is 2. The number of oxazole rings is 1. The Morgan fingerprint density at radius 3 is 2.60 bits per heavy atom. The quantitative estimate of drug-likeness (QED) is 0.391. The van der Waals surface area contributed by atoms with E-state index in [1.165, 1.54) is 11.8 Å². The maximum absolute atomic E-state index is 6.23. The Bertz CT molecular complexity index is 1400. The summed E-state index contributed by atoms with van der Waals surface area (Å²) in [5, 5.41) is 3.46. The van der Waals surface area contributed by atoms with Crippen LogP contribution in [0, 0.1) is 0 Å². The summed E-state index contributed by atoms with van der Waals surface area (Å²) in [4.78, 5) is 4.20. The third kappa shape index (κ3) is 1.63. The second-order valence-corrected chi connectivity index (χ2v) is 6.14. The maximum atomic E-state index is 6.23. The fraction of sp³-hybridized carbons (Fsp3) is 0. The molecule has 0 atom stereocenters. The van der Waals surface area contributed by atoms with Crippen molar-refractivity contribution in [3.8, 4) is 5.69 Å². The largest absolute Gasteiger partial charge is 0.443 e. The number of hydrogen-bond donors (Lipinski definition) is 0. The van der Waals surface area contributed by atoms with Gasteiger partial charge in [0.2, 0.25) is 5.71 Å². The SMILES string of the molecule is c1ccc2c(c1)oc1c2c2ccccc2n1-c1ccc2ncoc2c1. The van der Waals surface area contributed by atoms with E-state index in [-0.39, 0.29) is 0 Å². The Hall–Kier alpha value is -3.53. The highest BCUT2D eigenvalue weighted by Gasteiger charge is 2.19. The predicted octanol–water partition coefficient (Wildman–Crippen LogP) is 5.67. The molecule has 0 aliphatic carbocycles. The highest BCUT2D eigenvalue weighted by molar-refractivity contribution is 6.19. The second kappa shape index (κ2) is 4.51. The molecular formula is C21H12N2O2. The summed E-state index contributed by atoms with van der Waals surface area (Å²) in [7, 11) is 0. The zero-order valence-electron chi connectivity index (χ0n) is 13.1. The van der Waals surface area contributed by atoms with Gasteiger partial charge in [0, 0.05) is 16.8 Å². The van der Waals surface area contributed by atoms with Crippen LogP contribution in [0.1, 0.15) is 0 Å². The van der Waals surface area contributed by atoms with Crippen molar-refractivity contribution in [2.24, 2.45) is 0 Å². The van der Waals surface area contributed by atoms with E-state index in [0.29, 0.717) is 0 Å². The molecule has 0 amide bonds. The van der Waals surface area contributed by atoms with Gasteiger partial charge >= 0.3 is 0 Å². The maximum Gasteiger partial charge on any atom is 0.213 e. The van der Waals surface area contributed by atoms with Crippen molar-refractivity contribution in [2.75, 3.05) is 0 Å². The molecule has 0 N–H and O–H groups in total. The van der Waals surface area contributed by atoms with Gasteiger partial charge in [-0.05, 0) is 24.3 Å². The summed E-state index contributed by atoms with van der Waals surface area (Å²) in [5.41, 5.74) is 5.46. The van der Waals surface area contributed by atoms with Crippen LogP contribution in [0.25, 0.3) is 49.8 Å². The lowest BCUT2D eigenvalue weighted by Gasteiger charge is -2.05. The highest BCUT2D eigenvalue weighted by Crippen LogP contribution is 2.38. The summed E-state index contributed by atoms with van der Waals surface area (Å²) < 4.78 is 13.9. The zero-order valence-corrected chi connectivity index (χ0v) is 13.1. The topological polar surface area (TPSA) is 44.1 Å². The Labute approximate surface area is 141 Å². The van der Waals surface area contributed by atoms with Crippen molar-refractivity contribution in [1.82, 2.24) is 9.55 Å². The van der Waals surface area contributed by atoms with Gasteiger partial charge in [0.1, 0.15) is 11.1 Å². The molecular weight excluding hydrogens is 312 g/mol. The normalized spacial score (nSPS) is 12.0. The molecule has 4 nitrogen and oxygen atoms in total. The lowest BCUT2D eigenvalue weighted by Crippen LogP contribution is -1.92.